The molecule has 0 saturated carbocycles. The minimum absolute atomic E-state index is 0.216. The van der Waals surface area contributed by atoms with Gasteiger partial charge in [0.05, 0.1) is 24.1 Å². The second-order valence-corrected chi connectivity index (χ2v) is 7.18. The molecule has 0 aromatic heterocycles. The molecule has 6 nitrogen and oxygen atoms in total. The standard InChI is InChI=1S/C25H24N2O4/c1-30-27-24-8-3-2-7-21(24)14-18-5-4-6-19(13-18)17-31-23-11-9-20(10-12-23)22(16-26)15-25(28)29/h2-7,9-13,22H,8,14-15,17H2,1H3,(H,28,29)/b27-24+. The van der Waals surface area contributed by atoms with E-state index in [-0.39, 0.29) is 6.42 Å². The van der Waals surface area contributed by atoms with Crippen LogP contribution in [0.25, 0.3) is 0 Å². The molecule has 0 heterocycles. The predicted molar refractivity (Wildman–Crippen MR) is 118 cm³/mol. The van der Waals surface area contributed by atoms with Crippen molar-refractivity contribution in [3.8, 4) is 11.8 Å². The zero-order chi connectivity index (χ0) is 22.1. The molecular formula is C25H24N2O4. The van der Waals surface area contributed by atoms with E-state index in [9.17, 15) is 10.1 Å². The summed E-state index contributed by atoms with van der Waals surface area (Å²) in [5.74, 6) is -0.998. The van der Waals surface area contributed by atoms with Gasteiger partial charge in [0.1, 0.15) is 19.5 Å². The van der Waals surface area contributed by atoms with Gasteiger partial charge in [-0.05, 0) is 40.8 Å². The summed E-state index contributed by atoms with van der Waals surface area (Å²) in [5.41, 5.74) is 4.94. The molecule has 1 aliphatic carbocycles. The van der Waals surface area contributed by atoms with Gasteiger partial charge in [-0.15, -0.1) is 0 Å². The molecule has 2 aromatic carbocycles. The lowest BCUT2D eigenvalue weighted by atomic mass is 9.95. The van der Waals surface area contributed by atoms with Gasteiger partial charge in [-0.25, -0.2) is 0 Å². The SMILES string of the molecule is CO/N=C1\CC=CC=C1Cc1cccc(COc2ccc(C(C#N)CC(=O)O)cc2)c1. The topological polar surface area (TPSA) is 91.9 Å². The highest BCUT2D eigenvalue weighted by atomic mass is 16.6. The van der Waals surface area contributed by atoms with Crippen LogP contribution in [0.15, 0.2) is 77.5 Å². The Morgan fingerprint density at radius 1 is 1.23 bits per heavy atom. The largest absolute Gasteiger partial charge is 0.489 e. The number of benzene rings is 2. The fourth-order valence-electron chi connectivity index (χ4n) is 3.38. The summed E-state index contributed by atoms with van der Waals surface area (Å²) in [4.78, 5) is 15.8. The Kier molecular flexibility index (Phi) is 7.61. The maximum absolute atomic E-state index is 10.9. The van der Waals surface area contributed by atoms with E-state index in [2.05, 4.69) is 29.4 Å². The zero-order valence-electron chi connectivity index (χ0n) is 17.3. The molecule has 31 heavy (non-hydrogen) atoms. The number of nitriles is 1. The third-order valence-corrected chi connectivity index (χ3v) is 4.93. The Hall–Kier alpha value is -3.85. The lowest BCUT2D eigenvalue weighted by Gasteiger charge is -2.13. The van der Waals surface area contributed by atoms with Crippen molar-refractivity contribution in [1.82, 2.24) is 0 Å². The van der Waals surface area contributed by atoms with Crippen LogP contribution in [0.5, 0.6) is 5.75 Å². The smallest absolute Gasteiger partial charge is 0.305 e. The Morgan fingerprint density at radius 2 is 2.00 bits per heavy atom. The van der Waals surface area contributed by atoms with Crippen molar-refractivity contribution in [2.24, 2.45) is 5.16 Å². The Bertz CT molecular complexity index is 1050. The number of hydrogen-bond donors (Lipinski definition) is 1. The molecule has 1 N–H and O–H groups in total. The maximum atomic E-state index is 10.9. The molecule has 0 fully saturated rings. The highest BCUT2D eigenvalue weighted by Gasteiger charge is 2.15. The summed E-state index contributed by atoms with van der Waals surface area (Å²) < 4.78 is 5.88. The molecule has 0 aliphatic heterocycles. The second kappa shape index (κ2) is 10.8. The molecule has 0 bridgehead atoms. The number of oxime groups is 1. The van der Waals surface area contributed by atoms with E-state index in [0.29, 0.717) is 17.9 Å². The first kappa shape index (κ1) is 21.8. The van der Waals surface area contributed by atoms with E-state index in [0.717, 1.165) is 35.3 Å². The second-order valence-electron chi connectivity index (χ2n) is 7.18. The number of ether oxygens (including phenoxy) is 1. The molecule has 0 radical (unpaired) electrons. The highest BCUT2D eigenvalue weighted by molar-refractivity contribution is 6.02. The van der Waals surface area contributed by atoms with Gasteiger partial charge >= 0.3 is 5.97 Å². The van der Waals surface area contributed by atoms with Gasteiger partial charge in [0, 0.05) is 6.42 Å². The molecule has 2 aromatic rings. The minimum atomic E-state index is -0.993. The molecule has 3 rings (SSSR count). The van der Waals surface area contributed by atoms with Gasteiger partial charge in [-0.3, -0.25) is 4.79 Å². The van der Waals surface area contributed by atoms with Gasteiger partial charge in [0.25, 0.3) is 0 Å². The zero-order valence-corrected chi connectivity index (χ0v) is 17.3. The third kappa shape index (κ3) is 6.31. The number of allylic oxidation sites excluding steroid dienone is 4. The normalized spacial score (nSPS) is 15.1. The molecule has 0 saturated heterocycles. The van der Waals surface area contributed by atoms with Crippen LogP contribution >= 0.6 is 0 Å². The Balaban J connectivity index is 1.62. The average molecular weight is 416 g/mol. The van der Waals surface area contributed by atoms with Gasteiger partial charge < -0.3 is 14.7 Å². The summed E-state index contributed by atoms with van der Waals surface area (Å²) in [7, 11) is 1.56. The van der Waals surface area contributed by atoms with Crippen molar-refractivity contribution < 1.29 is 19.5 Å². The summed E-state index contributed by atoms with van der Waals surface area (Å²) >= 11 is 0. The van der Waals surface area contributed by atoms with E-state index < -0.39 is 11.9 Å². The van der Waals surface area contributed by atoms with Crippen molar-refractivity contribution in [3.63, 3.8) is 0 Å². The first-order chi connectivity index (χ1) is 15.1. The van der Waals surface area contributed by atoms with Crippen LogP contribution in [-0.4, -0.2) is 23.9 Å². The van der Waals surface area contributed by atoms with Gasteiger partial charge in [0.2, 0.25) is 0 Å². The number of carbonyl (C=O) groups is 1. The van der Waals surface area contributed by atoms with Crippen LogP contribution in [0.1, 0.15) is 35.4 Å². The van der Waals surface area contributed by atoms with E-state index >= 15 is 0 Å². The number of carboxylic acid groups (broad SMARTS) is 1. The van der Waals surface area contributed by atoms with Crippen LogP contribution in [0.4, 0.5) is 0 Å². The summed E-state index contributed by atoms with van der Waals surface area (Å²) in [5, 5.41) is 22.2. The van der Waals surface area contributed by atoms with Crippen molar-refractivity contribution >= 4 is 11.7 Å². The monoisotopic (exact) mass is 416 g/mol. The molecule has 1 atom stereocenters. The number of aliphatic carboxylic acids is 1. The number of carboxylic acids is 1. The molecule has 1 unspecified atom stereocenters. The van der Waals surface area contributed by atoms with Crippen LogP contribution in [0, 0.1) is 11.3 Å². The fourth-order valence-corrected chi connectivity index (χ4v) is 3.38. The average Bonchev–Trinajstić information content (AvgIpc) is 2.78. The third-order valence-electron chi connectivity index (χ3n) is 4.93. The lowest BCUT2D eigenvalue weighted by molar-refractivity contribution is -0.137. The first-order valence-corrected chi connectivity index (χ1v) is 9.97. The van der Waals surface area contributed by atoms with Crippen molar-refractivity contribution in [2.75, 3.05) is 7.11 Å². The number of rotatable bonds is 9. The highest BCUT2D eigenvalue weighted by Crippen LogP contribution is 2.23. The van der Waals surface area contributed by atoms with Crippen LogP contribution in [-0.2, 0) is 22.7 Å². The van der Waals surface area contributed by atoms with Gasteiger partial charge in [0.15, 0.2) is 0 Å². The molecule has 158 valence electrons. The van der Waals surface area contributed by atoms with E-state index in [1.54, 1.807) is 31.4 Å². The van der Waals surface area contributed by atoms with Crippen LogP contribution in [0.2, 0.25) is 0 Å². The van der Waals surface area contributed by atoms with Gasteiger partial charge in [-0.1, -0.05) is 59.8 Å². The lowest BCUT2D eigenvalue weighted by Crippen LogP contribution is -2.08. The van der Waals surface area contributed by atoms with Crippen LogP contribution in [0.3, 0.4) is 0 Å². The minimum Gasteiger partial charge on any atom is -0.489 e. The van der Waals surface area contributed by atoms with Gasteiger partial charge in [-0.2, -0.15) is 5.26 Å². The predicted octanol–water partition coefficient (Wildman–Crippen LogP) is 4.78. The molecule has 0 amide bonds. The van der Waals surface area contributed by atoms with E-state index in [4.69, 9.17) is 14.7 Å². The Labute approximate surface area is 181 Å². The summed E-state index contributed by atoms with van der Waals surface area (Å²) in [6.07, 6.45) is 7.45. The summed E-state index contributed by atoms with van der Waals surface area (Å²) in [6, 6.07) is 17.2. The fraction of sp³-hybridized carbons (Fsp3) is 0.240. The first-order valence-electron chi connectivity index (χ1n) is 9.97. The van der Waals surface area contributed by atoms with E-state index in [1.807, 2.05) is 24.3 Å². The molecular weight excluding hydrogens is 392 g/mol. The van der Waals surface area contributed by atoms with Crippen molar-refractivity contribution in [3.05, 3.63) is 89.0 Å². The van der Waals surface area contributed by atoms with Crippen LogP contribution < -0.4 is 4.74 Å². The van der Waals surface area contributed by atoms with Crippen molar-refractivity contribution in [2.45, 2.75) is 31.8 Å². The van der Waals surface area contributed by atoms with E-state index in [1.165, 1.54) is 0 Å². The molecule has 6 heteroatoms. The summed E-state index contributed by atoms with van der Waals surface area (Å²) in [6.45, 7) is 0.405. The molecule has 1 aliphatic rings. The van der Waals surface area contributed by atoms with Crippen molar-refractivity contribution in [1.29, 1.82) is 5.26 Å². The molecule has 0 spiro atoms. The Morgan fingerprint density at radius 3 is 2.71 bits per heavy atom. The maximum Gasteiger partial charge on any atom is 0.305 e. The quantitative estimate of drug-likeness (QED) is 0.594. The number of nitrogens with zero attached hydrogens (tertiary/aromatic N) is 2. The number of hydrogen-bond acceptors (Lipinski definition) is 5.